The van der Waals surface area contributed by atoms with Crippen molar-refractivity contribution in [2.24, 2.45) is 0 Å². The molecule has 6 nitrogen and oxygen atoms in total. The number of unbranched alkanes of at least 4 members (excludes halogenated alkanes) is 4. The Bertz CT molecular complexity index is 3120. The number of hydrogen-bond donors (Lipinski definition) is 0. The highest BCUT2D eigenvalue weighted by atomic mass is 32.2. The third-order valence-electron chi connectivity index (χ3n) is 15.4. The Balaban J connectivity index is 0.699. The summed E-state index contributed by atoms with van der Waals surface area (Å²) in [6.45, 7) is 2.25. The second-order valence-corrected chi connectivity index (χ2v) is 23.7. The SMILES string of the molecule is C[N+](C)=C(C=S1C2=[N+](CCC2)c2ccc3ccccc3c21)N1C=CC(CCCCCCCC2C=CN(C(C=S3C4=[N+](CCC4)c4ccc5ccccc5c43)=[N+](C)C)c3ccccc32)c2ccccc21. The van der Waals surface area contributed by atoms with Gasteiger partial charge in [0.1, 0.15) is 24.5 Å². The highest BCUT2D eigenvalue weighted by Gasteiger charge is 2.42. The van der Waals surface area contributed by atoms with E-state index in [1.54, 1.807) is 10.1 Å². The molecule has 0 N–H and O–H groups in total. The number of fused-ring (bicyclic) bond motifs is 10. The third kappa shape index (κ3) is 7.92. The van der Waals surface area contributed by atoms with Gasteiger partial charge in [-0.05, 0) is 81.0 Å². The van der Waals surface area contributed by atoms with E-state index in [1.165, 1.54) is 148 Å². The Kier molecular flexibility index (Phi) is 12.0. The first-order chi connectivity index (χ1) is 33.9. The van der Waals surface area contributed by atoms with E-state index in [2.05, 4.69) is 213 Å². The highest BCUT2D eigenvalue weighted by molar-refractivity contribution is 8.29. The van der Waals surface area contributed by atoms with Crippen molar-refractivity contribution in [3.8, 4) is 0 Å². The largest absolute Gasteiger partial charge is 0.287 e. The molecule has 69 heavy (non-hydrogen) atoms. The maximum Gasteiger partial charge on any atom is 0.287 e. The van der Waals surface area contributed by atoms with Gasteiger partial charge in [0.15, 0.2) is 0 Å². The maximum absolute atomic E-state index is 2.63. The van der Waals surface area contributed by atoms with Crippen LogP contribution in [0.25, 0.3) is 21.5 Å². The summed E-state index contributed by atoms with van der Waals surface area (Å²) >= 11 is 0. The monoisotopic (exact) mass is 946 g/mol. The van der Waals surface area contributed by atoms with Crippen molar-refractivity contribution in [2.75, 3.05) is 51.1 Å². The molecule has 6 aliphatic heterocycles. The lowest BCUT2D eigenvalue weighted by atomic mass is 9.88. The van der Waals surface area contributed by atoms with E-state index in [1.807, 2.05) is 0 Å². The van der Waals surface area contributed by atoms with Crippen molar-refractivity contribution in [1.29, 1.82) is 0 Å². The lowest BCUT2D eigenvalue weighted by Gasteiger charge is -2.26. The van der Waals surface area contributed by atoms with Crippen molar-refractivity contribution >= 4 is 97.8 Å². The Labute approximate surface area is 414 Å². The minimum Gasteiger partial charge on any atom is -0.266 e. The zero-order valence-electron chi connectivity index (χ0n) is 40.9. The number of rotatable bonds is 10. The van der Waals surface area contributed by atoms with E-state index in [0.29, 0.717) is 11.8 Å². The van der Waals surface area contributed by atoms with Crippen molar-refractivity contribution in [1.82, 2.24) is 0 Å². The molecular weight excluding hydrogens is 881 g/mol. The predicted octanol–water partition coefficient (Wildman–Crippen LogP) is 13.6. The number of benzene rings is 6. The van der Waals surface area contributed by atoms with Gasteiger partial charge >= 0.3 is 0 Å². The summed E-state index contributed by atoms with van der Waals surface area (Å²) in [5, 5.41) is 13.8. The summed E-state index contributed by atoms with van der Waals surface area (Å²) in [6.07, 6.45) is 23.3. The number of anilines is 2. The van der Waals surface area contributed by atoms with Gasteiger partial charge in [0.25, 0.3) is 11.7 Å². The van der Waals surface area contributed by atoms with E-state index in [0.717, 1.165) is 13.1 Å². The Morgan fingerprint density at radius 3 is 1.41 bits per heavy atom. The molecule has 0 aliphatic carbocycles. The van der Waals surface area contributed by atoms with Crippen molar-refractivity contribution < 1.29 is 18.3 Å². The second kappa shape index (κ2) is 18.7. The van der Waals surface area contributed by atoms with E-state index in [9.17, 15) is 0 Å². The molecule has 0 radical (unpaired) electrons. The Hall–Kier alpha value is -5.96. The zero-order chi connectivity index (χ0) is 46.6. The average Bonchev–Trinajstić information content (AvgIpc) is 4.18. The van der Waals surface area contributed by atoms with Gasteiger partial charge in [-0.3, -0.25) is 9.15 Å². The lowest BCUT2D eigenvalue weighted by molar-refractivity contribution is -0.463. The molecule has 4 unspecified atom stereocenters. The first kappa shape index (κ1) is 44.3. The molecule has 12 rings (SSSR count). The molecule has 0 bridgehead atoms. The normalized spacial score (nSPS) is 20.8. The Morgan fingerprint density at radius 2 is 0.942 bits per heavy atom. The highest BCUT2D eigenvalue weighted by Crippen LogP contribution is 2.51. The number of allylic oxidation sites excluding steroid dienone is 2. The van der Waals surface area contributed by atoms with Crippen LogP contribution in [0.5, 0.6) is 0 Å². The van der Waals surface area contributed by atoms with Gasteiger partial charge < -0.3 is 0 Å². The summed E-state index contributed by atoms with van der Waals surface area (Å²) in [4.78, 5) is 7.94. The molecule has 0 fully saturated rings. The molecule has 6 aromatic carbocycles. The molecule has 0 aromatic heterocycles. The summed E-state index contributed by atoms with van der Waals surface area (Å²) in [7, 11) is 8.64. The van der Waals surface area contributed by atoms with Crippen LogP contribution in [-0.2, 0) is 0 Å². The minimum atomic E-state index is -0.107. The first-order valence-corrected chi connectivity index (χ1v) is 28.2. The number of nitrogens with zero attached hydrogens (tertiary/aromatic N) is 6. The van der Waals surface area contributed by atoms with Crippen LogP contribution in [0.3, 0.4) is 0 Å². The fourth-order valence-electron chi connectivity index (χ4n) is 12.0. The fourth-order valence-corrected chi connectivity index (χ4v) is 17.3. The quantitative estimate of drug-likeness (QED) is 0.0448. The van der Waals surface area contributed by atoms with Gasteiger partial charge in [-0.25, -0.2) is 0 Å². The van der Waals surface area contributed by atoms with Crippen LogP contribution in [0.15, 0.2) is 156 Å². The molecule has 348 valence electrons. The molecule has 4 atom stereocenters. The van der Waals surface area contributed by atoms with Crippen molar-refractivity contribution in [3.63, 3.8) is 0 Å². The van der Waals surface area contributed by atoms with Gasteiger partial charge in [-0.2, -0.15) is 19.0 Å². The molecule has 0 saturated carbocycles. The number of hydrogen-bond acceptors (Lipinski definition) is 0. The minimum absolute atomic E-state index is 0.107. The van der Waals surface area contributed by atoms with E-state index in [4.69, 9.17) is 0 Å². The fraction of sp³-hybridized carbons (Fsp3) is 0.311. The average molecular weight is 947 g/mol. The van der Waals surface area contributed by atoms with Gasteiger partial charge in [0.2, 0.25) is 21.5 Å². The molecule has 8 heteroatoms. The van der Waals surface area contributed by atoms with E-state index < -0.39 is 0 Å². The molecule has 0 amide bonds. The van der Waals surface area contributed by atoms with Crippen LogP contribution in [0, 0.1) is 0 Å². The van der Waals surface area contributed by atoms with Crippen LogP contribution in [0.4, 0.5) is 22.7 Å². The molecule has 6 aliphatic rings. The Morgan fingerprint density at radius 1 is 0.522 bits per heavy atom. The third-order valence-corrected chi connectivity index (χ3v) is 19.9. The van der Waals surface area contributed by atoms with Crippen LogP contribution in [0.1, 0.15) is 93.6 Å². The summed E-state index contributed by atoms with van der Waals surface area (Å²) in [6, 6.07) is 45.7. The van der Waals surface area contributed by atoms with Crippen molar-refractivity contribution in [3.05, 3.63) is 157 Å². The standard InChI is InChI=1S/C61H66N6S2/c1-62(2)56(42-68-58-30-18-38-66(58)54-34-32-44-22-10-12-26-50(44)60(54)68)64-40-36-46(48-24-14-16-28-52(48)64)20-8-6-5-7-9-21-47-37-41-65(53-29-17-15-25-49(47)53)57(63(3)4)43-69-59-31-19-39-67(59)55-35-33-45-23-11-13-27-51(45)61(55)69/h10-17,22-29,32-37,40-43,46-47H,5-9,18-21,30-31,38-39H2,1-4H3/q+4. The van der Waals surface area contributed by atoms with Gasteiger partial charge in [0, 0.05) is 71.6 Å². The predicted molar refractivity (Wildman–Crippen MR) is 298 cm³/mol. The molecule has 0 saturated heterocycles. The van der Waals surface area contributed by atoms with Crippen molar-refractivity contribution in [2.45, 2.75) is 92.3 Å². The molecule has 6 heterocycles. The van der Waals surface area contributed by atoms with Crippen LogP contribution >= 0.6 is 21.0 Å². The molecule has 6 aromatic rings. The number of para-hydroxylation sites is 2. The van der Waals surface area contributed by atoms with Crippen LogP contribution in [-0.4, -0.2) is 92.1 Å². The lowest BCUT2D eigenvalue weighted by Crippen LogP contribution is -2.36. The second-order valence-electron chi connectivity index (χ2n) is 20.1. The molecule has 0 spiro atoms. The number of amidine groups is 2. The maximum atomic E-state index is 2.63. The molecular formula is C61H66N6S2+4. The van der Waals surface area contributed by atoms with Gasteiger partial charge in [0.05, 0.1) is 61.1 Å². The van der Waals surface area contributed by atoms with Gasteiger partial charge in [-0.1, -0.05) is 117 Å². The van der Waals surface area contributed by atoms with E-state index in [-0.39, 0.29) is 21.0 Å². The summed E-state index contributed by atoms with van der Waals surface area (Å²) in [5.74, 6) is 3.38. The first-order valence-electron chi connectivity index (χ1n) is 25.6. The zero-order valence-corrected chi connectivity index (χ0v) is 42.5. The smallest absolute Gasteiger partial charge is 0.266 e. The van der Waals surface area contributed by atoms with Gasteiger partial charge in [-0.15, -0.1) is 0 Å². The van der Waals surface area contributed by atoms with Crippen LogP contribution < -0.4 is 9.80 Å². The van der Waals surface area contributed by atoms with E-state index >= 15 is 0 Å². The topological polar surface area (TPSA) is 18.5 Å². The van der Waals surface area contributed by atoms with Crippen LogP contribution in [0.2, 0.25) is 0 Å². The summed E-state index contributed by atoms with van der Waals surface area (Å²) < 4.78 is 9.91. The summed E-state index contributed by atoms with van der Waals surface area (Å²) in [5.41, 5.74) is 8.38.